The van der Waals surface area contributed by atoms with E-state index in [2.05, 4.69) is 33.4 Å². The first kappa shape index (κ1) is 17.1. The zero-order valence-corrected chi connectivity index (χ0v) is 16.9. The zero-order valence-electron chi connectivity index (χ0n) is 16.1. The molecule has 0 N–H and O–H groups in total. The van der Waals surface area contributed by atoms with Crippen LogP contribution in [0.1, 0.15) is 10.7 Å². The maximum atomic E-state index is 6.10. The van der Waals surface area contributed by atoms with Crippen LogP contribution in [0.25, 0.3) is 32.9 Å². The fraction of sp³-hybridized carbons (Fsp3) is 0.0909. The van der Waals surface area contributed by atoms with Crippen LogP contribution in [-0.2, 0) is 6.61 Å². The van der Waals surface area contributed by atoms with Gasteiger partial charge < -0.3 is 4.74 Å². The molecule has 0 spiro atoms. The van der Waals surface area contributed by atoms with E-state index in [-0.39, 0.29) is 0 Å². The van der Waals surface area contributed by atoms with E-state index in [1.54, 1.807) is 4.52 Å². The molecule has 30 heavy (non-hydrogen) atoms. The summed E-state index contributed by atoms with van der Waals surface area (Å²) in [6, 6.07) is 20.2. The molecule has 0 bridgehead atoms. The second-order valence-electron chi connectivity index (χ2n) is 6.95. The third-order valence-electron chi connectivity index (χ3n) is 5.05. The average Bonchev–Trinajstić information content (AvgIpc) is 3.44. The van der Waals surface area contributed by atoms with Crippen molar-refractivity contribution in [1.82, 2.24) is 29.2 Å². The van der Waals surface area contributed by atoms with Crippen LogP contribution < -0.4 is 4.74 Å². The number of pyridine rings is 1. The second kappa shape index (κ2) is 6.64. The summed E-state index contributed by atoms with van der Waals surface area (Å²) >= 11 is 1.47. The summed E-state index contributed by atoms with van der Waals surface area (Å²) in [6.45, 7) is 2.34. The molecule has 0 aliphatic heterocycles. The van der Waals surface area contributed by atoms with Crippen LogP contribution in [0.3, 0.4) is 0 Å². The zero-order chi connectivity index (χ0) is 20.1. The predicted molar refractivity (Wildman–Crippen MR) is 116 cm³/mol. The monoisotopic (exact) mass is 412 g/mol. The lowest BCUT2D eigenvalue weighted by Crippen LogP contribution is -1.99. The van der Waals surface area contributed by atoms with Gasteiger partial charge in [0.2, 0.25) is 10.8 Å². The van der Waals surface area contributed by atoms with Crippen molar-refractivity contribution >= 4 is 32.7 Å². The minimum Gasteiger partial charge on any atom is -0.486 e. The Morgan fingerprint density at radius 3 is 2.80 bits per heavy atom. The third kappa shape index (κ3) is 2.65. The van der Waals surface area contributed by atoms with Gasteiger partial charge in [0, 0.05) is 11.6 Å². The van der Waals surface area contributed by atoms with Gasteiger partial charge in [0.25, 0.3) is 0 Å². The Kier molecular flexibility index (Phi) is 3.78. The lowest BCUT2D eigenvalue weighted by atomic mass is 10.1. The highest BCUT2D eigenvalue weighted by atomic mass is 32.1. The van der Waals surface area contributed by atoms with E-state index in [0.29, 0.717) is 12.4 Å². The Morgan fingerprint density at radius 1 is 0.967 bits per heavy atom. The van der Waals surface area contributed by atoms with Gasteiger partial charge in [0.1, 0.15) is 23.7 Å². The van der Waals surface area contributed by atoms with Gasteiger partial charge in [0.15, 0.2) is 5.01 Å². The molecule has 4 aromatic heterocycles. The van der Waals surface area contributed by atoms with Crippen molar-refractivity contribution in [2.75, 3.05) is 0 Å². The highest BCUT2D eigenvalue weighted by molar-refractivity contribution is 7.16. The molecule has 0 aliphatic rings. The fourth-order valence-corrected chi connectivity index (χ4v) is 4.45. The normalized spacial score (nSPS) is 11.6. The summed E-state index contributed by atoms with van der Waals surface area (Å²) in [7, 11) is 0. The Morgan fingerprint density at radius 2 is 1.83 bits per heavy atom. The molecule has 0 unspecified atom stereocenters. The second-order valence-corrected chi connectivity index (χ2v) is 7.99. The largest absolute Gasteiger partial charge is 0.486 e. The molecule has 0 fully saturated rings. The summed E-state index contributed by atoms with van der Waals surface area (Å²) < 4.78 is 9.88. The first-order valence-electron chi connectivity index (χ1n) is 9.54. The van der Waals surface area contributed by atoms with E-state index in [4.69, 9.17) is 9.84 Å². The van der Waals surface area contributed by atoms with Gasteiger partial charge in [-0.1, -0.05) is 53.8 Å². The molecule has 146 valence electrons. The van der Waals surface area contributed by atoms with Crippen LogP contribution >= 0.6 is 11.3 Å². The van der Waals surface area contributed by atoms with E-state index in [0.717, 1.165) is 43.5 Å². The van der Waals surface area contributed by atoms with E-state index in [9.17, 15) is 0 Å². The number of imidazole rings is 1. The number of hydrogen-bond acceptors (Lipinski definition) is 6. The lowest BCUT2D eigenvalue weighted by molar-refractivity contribution is 0.308. The van der Waals surface area contributed by atoms with Crippen LogP contribution in [0.15, 0.2) is 66.9 Å². The predicted octanol–water partition coefficient (Wildman–Crippen LogP) is 4.54. The molecule has 0 atom stereocenters. The van der Waals surface area contributed by atoms with Gasteiger partial charge in [-0.3, -0.25) is 4.40 Å². The van der Waals surface area contributed by atoms with E-state index in [1.807, 2.05) is 60.0 Å². The third-order valence-corrected chi connectivity index (χ3v) is 5.92. The molecule has 8 heteroatoms. The van der Waals surface area contributed by atoms with Crippen LogP contribution in [0, 0.1) is 6.92 Å². The quantitative estimate of drug-likeness (QED) is 0.425. The fourth-order valence-electron chi connectivity index (χ4n) is 3.71. The van der Waals surface area contributed by atoms with E-state index >= 15 is 0 Å². The van der Waals surface area contributed by atoms with Crippen molar-refractivity contribution in [3.05, 3.63) is 77.6 Å². The number of rotatable bonds is 4. The first-order valence-corrected chi connectivity index (χ1v) is 10.4. The topological polar surface area (TPSA) is 69.6 Å². The molecule has 2 aromatic carbocycles. The van der Waals surface area contributed by atoms with Gasteiger partial charge in [-0.05, 0) is 30.5 Å². The summed E-state index contributed by atoms with van der Waals surface area (Å²) in [6.07, 6.45) is 1.97. The molecule has 0 amide bonds. The highest BCUT2D eigenvalue weighted by Gasteiger charge is 2.19. The van der Waals surface area contributed by atoms with Crippen molar-refractivity contribution < 1.29 is 4.74 Å². The minimum absolute atomic E-state index is 0.369. The summed E-state index contributed by atoms with van der Waals surface area (Å²) in [4.78, 5) is 5.35. The van der Waals surface area contributed by atoms with Gasteiger partial charge >= 0.3 is 0 Å². The summed E-state index contributed by atoms with van der Waals surface area (Å²) in [5.74, 6) is 1.52. The molecule has 7 nitrogen and oxygen atoms in total. The molecule has 6 rings (SSSR count). The molecule has 0 saturated carbocycles. The smallest absolute Gasteiger partial charge is 0.235 e. The average molecular weight is 412 g/mol. The molecule has 4 heterocycles. The maximum absolute atomic E-state index is 6.10. The summed E-state index contributed by atoms with van der Waals surface area (Å²) in [5.41, 5.74) is 2.65. The van der Waals surface area contributed by atoms with Gasteiger partial charge in [-0.2, -0.15) is 9.61 Å². The van der Waals surface area contributed by atoms with Crippen LogP contribution in [0.2, 0.25) is 0 Å². The summed E-state index contributed by atoms with van der Waals surface area (Å²) in [5, 5.41) is 16.5. The lowest BCUT2D eigenvalue weighted by Gasteiger charge is -2.07. The van der Waals surface area contributed by atoms with E-state index in [1.165, 1.54) is 11.3 Å². The van der Waals surface area contributed by atoms with Crippen molar-refractivity contribution in [3.8, 4) is 17.3 Å². The molecular formula is C22H16N6OS. The Bertz CT molecular complexity index is 1520. The number of hydrogen-bond donors (Lipinski definition) is 0. The number of aromatic nitrogens is 6. The van der Waals surface area contributed by atoms with Crippen molar-refractivity contribution in [3.63, 3.8) is 0 Å². The molecule has 0 saturated heterocycles. The van der Waals surface area contributed by atoms with Crippen LogP contribution in [-0.4, -0.2) is 29.2 Å². The van der Waals surface area contributed by atoms with Gasteiger partial charge in [-0.25, -0.2) is 4.98 Å². The van der Waals surface area contributed by atoms with Crippen molar-refractivity contribution in [1.29, 1.82) is 0 Å². The molecular weight excluding hydrogens is 396 g/mol. The van der Waals surface area contributed by atoms with Crippen LogP contribution in [0.5, 0.6) is 5.75 Å². The maximum Gasteiger partial charge on any atom is 0.235 e. The van der Waals surface area contributed by atoms with Gasteiger partial charge in [-0.15, -0.1) is 10.2 Å². The Hall–Kier alpha value is -3.78. The molecule has 0 radical (unpaired) electrons. The number of benzene rings is 2. The standard InChI is InChI=1S/C22H16N6OS/c1-14-20(27-12-5-4-11-18(27)23-14)21-24-25-22-28(21)26-19(30-22)13-29-17-10-6-8-15-7-2-3-9-16(15)17/h2-12H,13H2,1H3. The Labute approximate surface area is 175 Å². The minimum atomic E-state index is 0.369. The van der Waals surface area contributed by atoms with E-state index < -0.39 is 0 Å². The Balaban J connectivity index is 1.36. The molecule has 0 aliphatic carbocycles. The van der Waals surface area contributed by atoms with Crippen LogP contribution in [0.4, 0.5) is 0 Å². The SMILES string of the molecule is Cc1nc2ccccn2c1-c1nnc2sc(COc3cccc4ccccc34)nn12. The number of ether oxygens (including phenoxy) is 1. The van der Waals surface area contributed by atoms with Crippen molar-refractivity contribution in [2.24, 2.45) is 0 Å². The van der Waals surface area contributed by atoms with Crippen molar-refractivity contribution in [2.45, 2.75) is 13.5 Å². The van der Waals surface area contributed by atoms with Gasteiger partial charge in [0.05, 0.1) is 5.69 Å². The number of fused-ring (bicyclic) bond motifs is 3. The number of aryl methyl sites for hydroxylation is 1. The molecule has 6 aromatic rings. The number of nitrogens with zero attached hydrogens (tertiary/aromatic N) is 6. The highest BCUT2D eigenvalue weighted by Crippen LogP contribution is 2.28. The first-order chi connectivity index (χ1) is 14.8.